The quantitative estimate of drug-likeness (QED) is 0.404. The van der Waals surface area contributed by atoms with Gasteiger partial charge in [-0.1, -0.05) is 30.3 Å². The second-order valence-electron chi connectivity index (χ2n) is 7.44. The molecule has 1 heterocycles. The lowest BCUT2D eigenvalue weighted by Gasteiger charge is -2.23. The average molecular weight is 466 g/mol. The highest BCUT2D eigenvalue weighted by Crippen LogP contribution is 2.30. The number of hydrogen-bond donors (Lipinski definition) is 0. The SMILES string of the molecule is CC(c1nc2ccccc2s1)N(C)C(=O)c1ccc(S(=O)(=O)N(C)c2ccccc2)cc1. The van der Waals surface area contributed by atoms with Crippen molar-refractivity contribution in [3.8, 4) is 0 Å². The van der Waals surface area contributed by atoms with E-state index in [2.05, 4.69) is 4.98 Å². The predicted octanol–water partition coefficient (Wildman–Crippen LogP) is 4.95. The van der Waals surface area contributed by atoms with Crippen molar-refractivity contribution in [2.24, 2.45) is 0 Å². The number of thiazole rings is 1. The van der Waals surface area contributed by atoms with E-state index in [1.807, 2.05) is 37.3 Å². The molecule has 0 aliphatic heterocycles. The Morgan fingerprint density at radius 2 is 1.53 bits per heavy atom. The van der Waals surface area contributed by atoms with Crippen molar-refractivity contribution < 1.29 is 13.2 Å². The Morgan fingerprint density at radius 1 is 0.906 bits per heavy atom. The zero-order valence-corrected chi connectivity index (χ0v) is 19.6. The van der Waals surface area contributed by atoms with Gasteiger partial charge in [0.2, 0.25) is 0 Å². The molecule has 0 saturated carbocycles. The van der Waals surface area contributed by atoms with Crippen LogP contribution in [0.4, 0.5) is 5.69 Å². The summed E-state index contributed by atoms with van der Waals surface area (Å²) in [6.45, 7) is 1.93. The summed E-state index contributed by atoms with van der Waals surface area (Å²) in [5, 5.41) is 0.853. The molecule has 0 fully saturated rings. The smallest absolute Gasteiger partial charge is 0.264 e. The van der Waals surface area contributed by atoms with Gasteiger partial charge < -0.3 is 4.90 Å². The molecule has 1 atom stereocenters. The minimum atomic E-state index is -3.73. The lowest BCUT2D eigenvalue weighted by molar-refractivity contribution is 0.0742. The van der Waals surface area contributed by atoms with E-state index < -0.39 is 10.0 Å². The first-order valence-corrected chi connectivity index (χ1v) is 12.3. The standard InChI is InChI=1S/C24H23N3O3S2/c1-17(23-25-21-11-7-8-12-22(21)31-23)26(2)24(28)18-13-15-20(16-14-18)32(29,30)27(3)19-9-5-4-6-10-19/h4-17H,1-3H3. The molecule has 0 saturated heterocycles. The van der Waals surface area contributed by atoms with Crippen LogP contribution in [0.25, 0.3) is 10.2 Å². The number of para-hydroxylation sites is 2. The van der Waals surface area contributed by atoms with Gasteiger partial charge in [-0.3, -0.25) is 9.10 Å². The molecule has 3 aromatic carbocycles. The number of aromatic nitrogens is 1. The Balaban J connectivity index is 1.53. The summed E-state index contributed by atoms with van der Waals surface area (Å²) in [6, 6.07) is 22.6. The molecule has 1 aromatic heterocycles. The van der Waals surface area contributed by atoms with Gasteiger partial charge in [0.05, 0.1) is 26.8 Å². The van der Waals surface area contributed by atoms with Crippen LogP contribution in [0.3, 0.4) is 0 Å². The molecule has 6 nitrogen and oxygen atoms in total. The van der Waals surface area contributed by atoms with Crippen molar-refractivity contribution >= 4 is 43.2 Å². The van der Waals surface area contributed by atoms with Gasteiger partial charge in [-0.2, -0.15) is 0 Å². The number of fused-ring (bicyclic) bond motifs is 1. The molecular formula is C24H23N3O3S2. The minimum Gasteiger partial charge on any atom is -0.333 e. The van der Waals surface area contributed by atoms with E-state index in [0.717, 1.165) is 15.2 Å². The number of nitrogens with zero attached hydrogens (tertiary/aromatic N) is 3. The summed E-state index contributed by atoms with van der Waals surface area (Å²) in [5.74, 6) is -0.197. The molecule has 1 amide bonds. The summed E-state index contributed by atoms with van der Waals surface area (Å²) in [6.07, 6.45) is 0. The van der Waals surface area contributed by atoms with E-state index in [-0.39, 0.29) is 16.8 Å². The highest BCUT2D eigenvalue weighted by atomic mass is 32.2. The number of hydrogen-bond acceptors (Lipinski definition) is 5. The molecule has 1 unspecified atom stereocenters. The topological polar surface area (TPSA) is 70.6 Å². The summed E-state index contributed by atoms with van der Waals surface area (Å²) >= 11 is 1.56. The first-order valence-electron chi connectivity index (χ1n) is 10.1. The van der Waals surface area contributed by atoms with E-state index in [4.69, 9.17) is 0 Å². The van der Waals surface area contributed by atoms with Crippen LogP contribution in [-0.2, 0) is 10.0 Å². The zero-order chi connectivity index (χ0) is 22.9. The van der Waals surface area contributed by atoms with Crippen LogP contribution in [-0.4, -0.2) is 38.3 Å². The van der Waals surface area contributed by atoms with E-state index in [1.54, 1.807) is 59.7 Å². The van der Waals surface area contributed by atoms with Gasteiger partial charge in [0.15, 0.2) is 0 Å². The molecule has 0 spiro atoms. The molecule has 0 bridgehead atoms. The van der Waals surface area contributed by atoms with Gasteiger partial charge in [-0.05, 0) is 55.5 Å². The number of rotatable bonds is 6. The van der Waals surface area contributed by atoms with E-state index in [0.29, 0.717) is 11.3 Å². The third kappa shape index (κ3) is 4.11. The van der Waals surface area contributed by atoms with Crippen molar-refractivity contribution in [3.05, 3.63) is 89.4 Å². The van der Waals surface area contributed by atoms with Crippen molar-refractivity contribution in [3.63, 3.8) is 0 Å². The average Bonchev–Trinajstić information content (AvgIpc) is 3.27. The molecule has 0 aliphatic carbocycles. The van der Waals surface area contributed by atoms with Crippen molar-refractivity contribution in [1.82, 2.24) is 9.88 Å². The Kier molecular flexibility index (Phi) is 5.99. The number of anilines is 1. The molecular weight excluding hydrogens is 442 g/mol. The predicted molar refractivity (Wildman–Crippen MR) is 129 cm³/mol. The third-order valence-electron chi connectivity index (χ3n) is 5.45. The van der Waals surface area contributed by atoms with Gasteiger partial charge in [-0.25, -0.2) is 13.4 Å². The number of carbonyl (C=O) groups is 1. The van der Waals surface area contributed by atoms with E-state index in [9.17, 15) is 13.2 Å². The van der Waals surface area contributed by atoms with Crippen LogP contribution in [0.1, 0.15) is 28.3 Å². The highest BCUT2D eigenvalue weighted by Gasteiger charge is 2.24. The van der Waals surface area contributed by atoms with E-state index >= 15 is 0 Å². The van der Waals surface area contributed by atoms with Gasteiger partial charge in [0, 0.05) is 19.7 Å². The number of sulfonamides is 1. The van der Waals surface area contributed by atoms with Crippen LogP contribution >= 0.6 is 11.3 Å². The van der Waals surface area contributed by atoms with Crippen LogP contribution in [0.15, 0.2) is 83.8 Å². The number of benzene rings is 3. The van der Waals surface area contributed by atoms with Crippen molar-refractivity contribution in [1.29, 1.82) is 0 Å². The Hall–Kier alpha value is -3.23. The van der Waals surface area contributed by atoms with Crippen LogP contribution < -0.4 is 4.31 Å². The minimum absolute atomic E-state index is 0.127. The molecule has 0 aliphatic rings. The highest BCUT2D eigenvalue weighted by molar-refractivity contribution is 7.92. The van der Waals surface area contributed by atoms with Crippen LogP contribution in [0.5, 0.6) is 0 Å². The van der Waals surface area contributed by atoms with Gasteiger partial charge >= 0.3 is 0 Å². The zero-order valence-electron chi connectivity index (χ0n) is 18.0. The number of carbonyl (C=O) groups excluding carboxylic acids is 1. The maximum Gasteiger partial charge on any atom is 0.264 e. The molecule has 4 rings (SSSR count). The number of amides is 1. The van der Waals surface area contributed by atoms with Crippen molar-refractivity contribution in [2.75, 3.05) is 18.4 Å². The molecule has 32 heavy (non-hydrogen) atoms. The maximum atomic E-state index is 13.0. The van der Waals surface area contributed by atoms with Gasteiger partial charge in [0.1, 0.15) is 5.01 Å². The molecule has 4 aromatic rings. The first-order chi connectivity index (χ1) is 15.3. The van der Waals surface area contributed by atoms with Crippen LogP contribution in [0, 0.1) is 0 Å². The fourth-order valence-electron chi connectivity index (χ4n) is 3.32. The fourth-order valence-corrected chi connectivity index (χ4v) is 5.58. The normalized spacial score (nSPS) is 12.5. The van der Waals surface area contributed by atoms with Gasteiger partial charge in [-0.15, -0.1) is 11.3 Å². The third-order valence-corrected chi connectivity index (χ3v) is 8.46. The fraction of sp³-hybridized carbons (Fsp3) is 0.167. The summed E-state index contributed by atoms with van der Waals surface area (Å²) in [7, 11) is -0.489. The maximum absolute atomic E-state index is 13.0. The second-order valence-corrected chi connectivity index (χ2v) is 10.5. The molecule has 0 N–H and O–H groups in total. The Bertz CT molecular complexity index is 1320. The van der Waals surface area contributed by atoms with Crippen LogP contribution in [0.2, 0.25) is 0 Å². The lowest BCUT2D eigenvalue weighted by atomic mass is 10.2. The Morgan fingerprint density at radius 3 is 2.19 bits per heavy atom. The summed E-state index contributed by atoms with van der Waals surface area (Å²) in [5.41, 5.74) is 1.90. The molecule has 0 radical (unpaired) electrons. The first kappa shape index (κ1) is 22.0. The van der Waals surface area contributed by atoms with E-state index in [1.165, 1.54) is 23.5 Å². The van der Waals surface area contributed by atoms with Crippen molar-refractivity contribution in [2.45, 2.75) is 17.9 Å². The summed E-state index contributed by atoms with van der Waals surface area (Å²) < 4.78 is 28.2. The molecule has 164 valence electrons. The molecule has 8 heteroatoms. The van der Waals surface area contributed by atoms with Gasteiger partial charge in [0.25, 0.3) is 15.9 Å². The monoisotopic (exact) mass is 465 g/mol. The second kappa shape index (κ2) is 8.72. The Labute approximate surface area is 191 Å². The largest absolute Gasteiger partial charge is 0.333 e. The lowest BCUT2D eigenvalue weighted by Crippen LogP contribution is -2.30. The summed E-state index contributed by atoms with van der Waals surface area (Å²) in [4.78, 5) is 19.4.